The first kappa shape index (κ1) is 13.2. The average molecular weight is 275 g/mol. The van der Waals surface area contributed by atoms with E-state index in [1.807, 2.05) is 0 Å². The quantitative estimate of drug-likeness (QED) is 0.900. The summed E-state index contributed by atoms with van der Waals surface area (Å²) >= 11 is 11.8. The van der Waals surface area contributed by atoms with E-state index in [0.717, 1.165) is 31.4 Å². The Labute approximate surface area is 111 Å². The van der Waals surface area contributed by atoms with Crippen molar-refractivity contribution in [2.24, 2.45) is 0 Å². The molecule has 0 aliphatic carbocycles. The van der Waals surface area contributed by atoms with Gasteiger partial charge in [0.05, 0.1) is 12.2 Å². The van der Waals surface area contributed by atoms with Crippen molar-refractivity contribution in [3.63, 3.8) is 0 Å². The van der Waals surface area contributed by atoms with E-state index >= 15 is 0 Å². The van der Waals surface area contributed by atoms with Crippen molar-refractivity contribution >= 4 is 23.2 Å². The second kappa shape index (κ2) is 6.05. The summed E-state index contributed by atoms with van der Waals surface area (Å²) in [6.45, 7) is 0.851. The van der Waals surface area contributed by atoms with E-state index in [9.17, 15) is 5.11 Å². The Balaban J connectivity index is 1.91. The Morgan fingerprint density at radius 3 is 2.59 bits per heavy atom. The van der Waals surface area contributed by atoms with Gasteiger partial charge in [0.25, 0.3) is 0 Å². The number of benzene rings is 1. The van der Waals surface area contributed by atoms with Crippen LogP contribution in [0.3, 0.4) is 0 Å². The third-order valence-electron chi connectivity index (χ3n) is 3.06. The number of rotatable bonds is 4. The molecule has 0 bridgehead atoms. The number of aliphatic hydroxyl groups is 1. The summed E-state index contributed by atoms with van der Waals surface area (Å²) in [5, 5.41) is 11.2. The Kier molecular flexibility index (Phi) is 4.69. The minimum atomic E-state index is -0.518. The number of aliphatic hydroxyl groups excluding tert-OH is 1. The molecule has 2 atom stereocenters. The third-order valence-corrected chi connectivity index (χ3v) is 3.49. The van der Waals surface area contributed by atoms with Gasteiger partial charge in [0.1, 0.15) is 0 Å². The maximum Gasteiger partial charge on any atom is 0.0792 e. The topological polar surface area (TPSA) is 29.5 Å². The Bertz CT molecular complexity index is 355. The van der Waals surface area contributed by atoms with E-state index in [4.69, 9.17) is 27.9 Å². The molecule has 0 radical (unpaired) electrons. The van der Waals surface area contributed by atoms with Crippen LogP contribution in [0.2, 0.25) is 10.0 Å². The summed E-state index contributed by atoms with van der Waals surface area (Å²) in [5.74, 6) is 0. The van der Waals surface area contributed by atoms with Gasteiger partial charge in [-0.25, -0.2) is 0 Å². The number of ether oxygens (including phenoxy) is 1. The highest BCUT2D eigenvalue weighted by molar-refractivity contribution is 6.34. The molecule has 0 spiro atoms. The normalized spacial score (nSPS) is 21.7. The van der Waals surface area contributed by atoms with Crippen LogP contribution in [-0.4, -0.2) is 17.8 Å². The first-order chi connectivity index (χ1) is 8.15. The maximum atomic E-state index is 10.1. The largest absolute Gasteiger partial charge is 0.388 e. The molecule has 1 aliphatic heterocycles. The zero-order chi connectivity index (χ0) is 12.3. The molecule has 17 heavy (non-hydrogen) atoms. The first-order valence-electron chi connectivity index (χ1n) is 5.91. The highest BCUT2D eigenvalue weighted by Gasteiger charge is 2.18. The SMILES string of the molecule is OC(CCC1CCCO1)c1cc(Cl)cc(Cl)c1. The summed E-state index contributed by atoms with van der Waals surface area (Å²) in [5.41, 5.74) is 0.778. The van der Waals surface area contributed by atoms with Crippen LogP contribution in [0, 0.1) is 0 Å². The molecule has 0 amide bonds. The maximum absolute atomic E-state index is 10.1. The molecule has 0 saturated carbocycles. The second-order valence-electron chi connectivity index (χ2n) is 4.43. The summed E-state index contributed by atoms with van der Waals surface area (Å²) in [7, 11) is 0. The van der Waals surface area contributed by atoms with Crippen molar-refractivity contribution in [2.45, 2.75) is 37.9 Å². The fraction of sp³-hybridized carbons (Fsp3) is 0.538. The number of halogens is 2. The van der Waals surface area contributed by atoms with E-state index in [2.05, 4.69) is 0 Å². The molecular formula is C13H16Cl2O2. The minimum Gasteiger partial charge on any atom is -0.388 e. The lowest BCUT2D eigenvalue weighted by Crippen LogP contribution is -2.08. The molecule has 1 aromatic rings. The van der Waals surface area contributed by atoms with E-state index < -0.39 is 6.10 Å². The molecule has 4 heteroatoms. The van der Waals surface area contributed by atoms with Crippen molar-refractivity contribution in [3.05, 3.63) is 33.8 Å². The monoisotopic (exact) mass is 274 g/mol. The lowest BCUT2D eigenvalue weighted by atomic mass is 10.0. The lowest BCUT2D eigenvalue weighted by molar-refractivity contribution is 0.0812. The zero-order valence-corrected chi connectivity index (χ0v) is 11.0. The smallest absolute Gasteiger partial charge is 0.0792 e. The molecule has 1 fully saturated rings. The molecule has 94 valence electrons. The van der Waals surface area contributed by atoms with Crippen molar-refractivity contribution in [1.82, 2.24) is 0 Å². The molecule has 1 N–H and O–H groups in total. The van der Waals surface area contributed by atoms with Crippen LogP contribution in [0.5, 0.6) is 0 Å². The van der Waals surface area contributed by atoms with Gasteiger partial charge in [0, 0.05) is 16.7 Å². The summed E-state index contributed by atoms with van der Waals surface area (Å²) in [4.78, 5) is 0. The van der Waals surface area contributed by atoms with Gasteiger partial charge < -0.3 is 9.84 Å². The molecule has 2 unspecified atom stereocenters. The minimum absolute atomic E-state index is 0.305. The third kappa shape index (κ3) is 3.85. The predicted octanol–water partition coefficient (Wildman–Crippen LogP) is 3.99. The molecule has 1 aliphatic rings. The van der Waals surface area contributed by atoms with Crippen LogP contribution < -0.4 is 0 Å². The van der Waals surface area contributed by atoms with Crippen LogP contribution in [0.1, 0.15) is 37.4 Å². The van der Waals surface area contributed by atoms with E-state index in [-0.39, 0.29) is 0 Å². The Hall–Kier alpha value is -0.280. The molecule has 2 nitrogen and oxygen atoms in total. The molecule has 0 aromatic heterocycles. The van der Waals surface area contributed by atoms with Crippen molar-refractivity contribution in [2.75, 3.05) is 6.61 Å². The van der Waals surface area contributed by atoms with Gasteiger partial charge in [-0.2, -0.15) is 0 Å². The van der Waals surface area contributed by atoms with Gasteiger partial charge in [0.2, 0.25) is 0 Å². The molecule has 1 saturated heterocycles. The summed E-state index contributed by atoms with van der Waals surface area (Å²) in [6.07, 6.45) is 3.58. The summed E-state index contributed by atoms with van der Waals surface area (Å²) < 4.78 is 5.52. The highest BCUT2D eigenvalue weighted by atomic mass is 35.5. The van der Waals surface area contributed by atoms with Gasteiger partial charge in [-0.3, -0.25) is 0 Å². The summed E-state index contributed by atoms with van der Waals surface area (Å²) in [6, 6.07) is 5.18. The second-order valence-corrected chi connectivity index (χ2v) is 5.30. The van der Waals surface area contributed by atoms with Gasteiger partial charge in [-0.05, 0) is 49.4 Å². The van der Waals surface area contributed by atoms with Crippen LogP contribution >= 0.6 is 23.2 Å². The molecular weight excluding hydrogens is 259 g/mol. The lowest BCUT2D eigenvalue weighted by Gasteiger charge is -2.14. The van der Waals surface area contributed by atoms with Crippen molar-refractivity contribution in [1.29, 1.82) is 0 Å². The van der Waals surface area contributed by atoms with Crippen LogP contribution in [-0.2, 0) is 4.74 Å². The predicted molar refractivity (Wildman–Crippen MR) is 69.6 cm³/mol. The van der Waals surface area contributed by atoms with Crippen molar-refractivity contribution in [3.8, 4) is 0 Å². The van der Waals surface area contributed by atoms with E-state index in [0.29, 0.717) is 22.6 Å². The number of hydrogen-bond acceptors (Lipinski definition) is 2. The van der Waals surface area contributed by atoms with E-state index in [1.54, 1.807) is 18.2 Å². The fourth-order valence-electron chi connectivity index (χ4n) is 2.15. The Morgan fingerprint density at radius 2 is 2.00 bits per heavy atom. The molecule has 1 heterocycles. The van der Waals surface area contributed by atoms with Gasteiger partial charge in [-0.15, -0.1) is 0 Å². The van der Waals surface area contributed by atoms with Crippen LogP contribution in [0.4, 0.5) is 0 Å². The zero-order valence-electron chi connectivity index (χ0n) is 9.53. The van der Waals surface area contributed by atoms with Gasteiger partial charge in [0.15, 0.2) is 0 Å². The Morgan fingerprint density at radius 1 is 1.29 bits per heavy atom. The standard InChI is InChI=1S/C13H16Cl2O2/c14-10-6-9(7-11(15)8-10)13(16)4-3-12-2-1-5-17-12/h6-8,12-13,16H,1-5H2. The number of hydrogen-bond donors (Lipinski definition) is 1. The van der Waals surface area contributed by atoms with Gasteiger partial charge in [-0.1, -0.05) is 23.2 Å². The fourth-order valence-corrected chi connectivity index (χ4v) is 2.69. The highest BCUT2D eigenvalue weighted by Crippen LogP contribution is 2.28. The van der Waals surface area contributed by atoms with Gasteiger partial charge >= 0.3 is 0 Å². The molecule has 2 rings (SSSR count). The van der Waals surface area contributed by atoms with Crippen LogP contribution in [0.25, 0.3) is 0 Å². The average Bonchev–Trinajstić information content (AvgIpc) is 2.77. The van der Waals surface area contributed by atoms with Crippen molar-refractivity contribution < 1.29 is 9.84 Å². The van der Waals surface area contributed by atoms with E-state index in [1.165, 1.54) is 0 Å². The van der Waals surface area contributed by atoms with Crippen LogP contribution in [0.15, 0.2) is 18.2 Å². The first-order valence-corrected chi connectivity index (χ1v) is 6.66. The molecule has 1 aromatic carbocycles.